The highest BCUT2D eigenvalue weighted by molar-refractivity contribution is 5.97. The number of amides is 1. The first-order chi connectivity index (χ1) is 13.5. The van der Waals surface area contributed by atoms with Crippen molar-refractivity contribution < 1.29 is 13.9 Å². The zero-order valence-corrected chi connectivity index (χ0v) is 16.1. The molecule has 0 radical (unpaired) electrons. The van der Waals surface area contributed by atoms with Gasteiger partial charge in [-0.1, -0.05) is 62.4 Å². The third-order valence-electron chi connectivity index (χ3n) is 4.49. The van der Waals surface area contributed by atoms with Gasteiger partial charge in [-0.2, -0.15) is 0 Å². The molecule has 0 spiro atoms. The van der Waals surface area contributed by atoms with Gasteiger partial charge in [0.05, 0.1) is 5.56 Å². The first kappa shape index (κ1) is 19.6. The van der Waals surface area contributed by atoms with Gasteiger partial charge in [-0.3, -0.25) is 4.79 Å². The molecule has 0 aliphatic heterocycles. The maximum Gasteiger partial charge on any atom is 0.255 e. The van der Waals surface area contributed by atoms with Gasteiger partial charge in [-0.15, -0.1) is 0 Å². The second-order valence-electron chi connectivity index (χ2n) is 7.00. The highest BCUT2D eigenvalue weighted by Gasteiger charge is 2.15. The Morgan fingerprint density at radius 1 is 0.964 bits per heavy atom. The summed E-state index contributed by atoms with van der Waals surface area (Å²) in [6.45, 7) is 4.79. The van der Waals surface area contributed by atoms with Crippen LogP contribution in [-0.4, -0.2) is 5.91 Å². The number of hydrogen-bond acceptors (Lipinski definition) is 2. The van der Waals surface area contributed by atoms with E-state index in [9.17, 15) is 9.18 Å². The summed E-state index contributed by atoms with van der Waals surface area (Å²) < 4.78 is 19.3. The second-order valence-corrected chi connectivity index (χ2v) is 7.00. The molecule has 3 aromatic rings. The topological polar surface area (TPSA) is 38.3 Å². The van der Waals surface area contributed by atoms with E-state index >= 15 is 0 Å². The maximum atomic E-state index is 13.3. The van der Waals surface area contributed by atoms with Crippen molar-refractivity contribution >= 4 is 5.91 Å². The molecule has 0 saturated heterocycles. The van der Waals surface area contributed by atoms with Crippen LogP contribution in [0.2, 0.25) is 0 Å². The van der Waals surface area contributed by atoms with Crippen LogP contribution in [0.25, 0.3) is 0 Å². The summed E-state index contributed by atoms with van der Waals surface area (Å²) >= 11 is 0. The number of benzene rings is 3. The van der Waals surface area contributed by atoms with Crippen molar-refractivity contribution in [3.63, 3.8) is 0 Å². The van der Waals surface area contributed by atoms with Gasteiger partial charge in [0.15, 0.2) is 0 Å². The lowest BCUT2D eigenvalue weighted by atomic mass is 10.00. The molecule has 1 N–H and O–H groups in total. The zero-order valence-electron chi connectivity index (χ0n) is 16.1. The van der Waals surface area contributed by atoms with Gasteiger partial charge in [0, 0.05) is 6.54 Å². The van der Waals surface area contributed by atoms with Crippen LogP contribution < -0.4 is 10.1 Å². The molecular formula is C24H24FNO2. The number of hydrogen-bond donors (Lipinski definition) is 1. The van der Waals surface area contributed by atoms with Crippen LogP contribution in [0.3, 0.4) is 0 Å². The van der Waals surface area contributed by atoms with Crippen LogP contribution in [-0.2, 0) is 13.2 Å². The summed E-state index contributed by atoms with van der Waals surface area (Å²) in [4.78, 5) is 12.8. The lowest BCUT2D eigenvalue weighted by Crippen LogP contribution is -2.23. The number of carbonyl (C=O) groups excluding carboxylic acids is 1. The quantitative estimate of drug-likeness (QED) is 0.594. The van der Waals surface area contributed by atoms with E-state index in [2.05, 4.69) is 19.2 Å². The van der Waals surface area contributed by atoms with E-state index in [1.54, 1.807) is 12.1 Å². The van der Waals surface area contributed by atoms with Gasteiger partial charge in [0.25, 0.3) is 5.91 Å². The minimum atomic E-state index is -0.319. The Morgan fingerprint density at radius 2 is 1.71 bits per heavy atom. The van der Waals surface area contributed by atoms with Crippen molar-refractivity contribution in [2.24, 2.45) is 0 Å². The summed E-state index contributed by atoms with van der Waals surface area (Å²) in [7, 11) is 0. The van der Waals surface area contributed by atoms with Crippen molar-refractivity contribution in [3.8, 4) is 5.75 Å². The monoisotopic (exact) mass is 377 g/mol. The van der Waals surface area contributed by atoms with Crippen molar-refractivity contribution in [1.82, 2.24) is 5.32 Å². The Labute approximate surface area is 165 Å². The van der Waals surface area contributed by atoms with Gasteiger partial charge in [-0.25, -0.2) is 4.39 Å². The van der Waals surface area contributed by atoms with E-state index in [1.165, 1.54) is 12.1 Å². The average molecular weight is 377 g/mol. The number of nitrogens with one attached hydrogen (secondary N) is 1. The molecule has 0 aliphatic carbocycles. The second kappa shape index (κ2) is 9.18. The molecule has 144 valence electrons. The molecule has 0 fully saturated rings. The predicted octanol–water partition coefficient (Wildman–Crippen LogP) is 5.46. The molecular weight excluding hydrogens is 353 g/mol. The highest BCUT2D eigenvalue weighted by Crippen LogP contribution is 2.25. The Morgan fingerprint density at radius 3 is 2.43 bits per heavy atom. The predicted molar refractivity (Wildman–Crippen MR) is 109 cm³/mol. The Balaban J connectivity index is 1.77. The van der Waals surface area contributed by atoms with Crippen LogP contribution in [0.15, 0.2) is 72.8 Å². The van der Waals surface area contributed by atoms with Gasteiger partial charge in [-0.05, 0) is 46.9 Å². The molecule has 0 heterocycles. The first-order valence-corrected chi connectivity index (χ1v) is 9.36. The summed E-state index contributed by atoms with van der Waals surface area (Å²) in [5, 5.41) is 2.86. The molecule has 0 bridgehead atoms. The third kappa shape index (κ3) is 5.19. The van der Waals surface area contributed by atoms with E-state index < -0.39 is 0 Å². The molecule has 0 atom stereocenters. The van der Waals surface area contributed by atoms with E-state index in [4.69, 9.17) is 4.74 Å². The number of carbonyl (C=O) groups is 1. The summed E-state index contributed by atoms with van der Waals surface area (Å²) in [6, 6.07) is 21.7. The lowest BCUT2D eigenvalue weighted by molar-refractivity contribution is 0.0946. The van der Waals surface area contributed by atoms with Crippen LogP contribution in [0.4, 0.5) is 4.39 Å². The summed E-state index contributed by atoms with van der Waals surface area (Å²) in [5.74, 6) is 0.262. The van der Waals surface area contributed by atoms with E-state index in [-0.39, 0.29) is 24.2 Å². The maximum absolute atomic E-state index is 13.3. The standard InChI is InChI=1S/C24H24FNO2/c1-17(2)20-11-12-23(28-16-18-7-4-3-5-8-18)22(14-20)24(27)26-15-19-9-6-10-21(25)13-19/h3-14,17H,15-16H2,1-2H3,(H,26,27). The molecule has 0 aliphatic rings. The van der Waals surface area contributed by atoms with Crippen LogP contribution >= 0.6 is 0 Å². The molecule has 3 aromatic carbocycles. The van der Waals surface area contributed by atoms with Crippen LogP contribution in [0, 0.1) is 5.82 Å². The number of rotatable bonds is 7. The summed E-state index contributed by atoms with van der Waals surface area (Å²) in [6.07, 6.45) is 0. The molecule has 3 nitrogen and oxygen atoms in total. The third-order valence-corrected chi connectivity index (χ3v) is 4.49. The number of halogens is 1. The molecule has 0 aromatic heterocycles. The molecule has 28 heavy (non-hydrogen) atoms. The SMILES string of the molecule is CC(C)c1ccc(OCc2ccccc2)c(C(=O)NCc2cccc(F)c2)c1. The largest absolute Gasteiger partial charge is 0.488 e. The minimum Gasteiger partial charge on any atom is -0.488 e. The zero-order chi connectivity index (χ0) is 19.9. The molecule has 1 amide bonds. The van der Waals surface area contributed by atoms with Crippen molar-refractivity contribution in [1.29, 1.82) is 0 Å². The Bertz CT molecular complexity index is 938. The smallest absolute Gasteiger partial charge is 0.255 e. The van der Waals surface area contributed by atoms with Crippen molar-refractivity contribution in [2.45, 2.75) is 32.9 Å². The molecule has 0 saturated carbocycles. The van der Waals surface area contributed by atoms with E-state index in [0.29, 0.717) is 23.5 Å². The van der Waals surface area contributed by atoms with E-state index in [0.717, 1.165) is 11.1 Å². The van der Waals surface area contributed by atoms with Crippen molar-refractivity contribution in [3.05, 3.63) is 101 Å². The molecule has 3 rings (SSSR count). The molecule has 4 heteroatoms. The summed E-state index contributed by atoms with van der Waals surface area (Å²) in [5.41, 5.74) is 3.28. The van der Waals surface area contributed by atoms with Gasteiger partial charge < -0.3 is 10.1 Å². The Hall–Kier alpha value is -3.14. The van der Waals surface area contributed by atoms with E-state index in [1.807, 2.05) is 48.5 Å². The fourth-order valence-corrected chi connectivity index (χ4v) is 2.87. The highest BCUT2D eigenvalue weighted by atomic mass is 19.1. The Kier molecular flexibility index (Phi) is 6.43. The first-order valence-electron chi connectivity index (χ1n) is 9.36. The van der Waals surface area contributed by atoms with Crippen LogP contribution in [0.5, 0.6) is 5.75 Å². The average Bonchev–Trinajstić information content (AvgIpc) is 2.71. The number of ether oxygens (including phenoxy) is 1. The molecule has 0 unspecified atom stereocenters. The minimum absolute atomic E-state index is 0.241. The van der Waals surface area contributed by atoms with Gasteiger partial charge in [0.1, 0.15) is 18.2 Å². The fourth-order valence-electron chi connectivity index (χ4n) is 2.87. The van der Waals surface area contributed by atoms with Gasteiger partial charge >= 0.3 is 0 Å². The van der Waals surface area contributed by atoms with Crippen molar-refractivity contribution in [2.75, 3.05) is 0 Å². The fraction of sp³-hybridized carbons (Fsp3) is 0.208. The lowest BCUT2D eigenvalue weighted by Gasteiger charge is -2.15. The van der Waals surface area contributed by atoms with Gasteiger partial charge in [0.2, 0.25) is 0 Å². The van der Waals surface area contributed by atoms with Crippen LogP contribution in [0.1, 0.15) is 46.8 Å². The normalized spacial score (nSPS) is 10.7.